The van der Waals surface area contributed by atoms with Crippen molar-refractivity contribution in [3.8, 4) is 11.5 Å². The molecule has 0 bridgehead atoms. The van der Waals surface area contributed by atoms with Crippen molar-refractivity contribution >= 4 is 5.97 Å². The fraction of sp³-hybridized carbons (Fsp3) is 0.533. The highest BCUT2D eigenvalue weighted by molar-refractivity contribution is 5.65. The summed E-state index contributed by atoms with van der Waals surface area (Å²) in [7, 11) is 0. The predicted molar refractivity (Wildman–Crippen MR) is 71.6 cm³/mol. The first-order chi connectivity index (χ1) is 9.65. The highest BCUT2D eigenvalue weighted by Gasteiger charge is 2.25. The first kappa shape index (κ1) is 14.7. The number of carboxylic acids is 1. The van der Waals surface area contributed by atoms with Crippen LogP contribution >= 0.6 is 0 Å². The minimum atomic E-state index is -1.02. The molecule has 1 aliphatic heterocycles. The van der Waals surface area contributed by atoms with Gasteiger partial charge in [0.15, 0.2) is 11.5 Å². The number of rotatable bonds is 6. The minimum Gasteiger partial charge on any atom is -0.550 e. The zero-order valence-corrected chi connectivity index (χ0v) is 12.0. The summed E-state index contributed by atoms with van der Waals surface area (Å²) in [6.45, 7) is 5.85. The van der Waals surface area contributed by atoms with Crippen LogP contribution < -0.4 is 19.9 Å². The van der Waals surface area contributed by atoms with E-state index in [4.69, 9.17) is 9.47 Å². The Hall–Kier alpha value is -1.75. The molecule has 2 rings (SSSR count). The van der Waals surface area contributed by atoms with E-state index in [1.54, 1.807) is 0 Å². The van der Waals surface area contributed by atoms with Crippen LogP contribution in [0.1, 0.15) is 37.4 Å². The summed E-state index contributed by atoms with van der Waals surface area (Å²) in [5.41, 5.74) is 2.16. The molecule has 0 radical (unpaired) electrons. The van der Waals surface area contributed by atoms with Gasteiger partial charge >= 0.3 is 0 Å². The summed E-state index contributed by atoms with van der Waals surface area (Å²) in [4.78, 5) is 10.9. The number of carbonyl (C=O) groups excluding carboxylic acids is 1. The molecule has 0 unspecified atom stereocenters. The molecule has 5 heteroatoms. The Morgan fingerprint density at radius 2 is 1.95 bits per heavy atom. The fourth-order valence-corrected chi connectivity index (χ4v) is 2.66. The number of carboxylic acid groups (broad SMARTS) is 1. The van der Waals surface area contributed by atoms with Crippen LogP contribution in [0.15, 0.2) is 12.1 Å². The number of ether oxygens (including phenoxy) is 2. The standard InChI is InChI=1S/C15H21NO4/c1-3-19-13-7-10-5-6-16-12(9-15(17)18)11(10)8-14(13)20-4-2/h7-8,12,16H,3-6,9H2,1-2H3,(H,17,18)/t12-/m1/s1. The van der Waals surface area contributed by atoms with E-state index in [1.165, 1.54) is 0 Å². The van der Waals surface area contributed by atoms with Gasteiger partial charge in [0.05, 0.1) is 19.8 Å². The van der Waals surface area contributed by atoms with Gasteiger partial charge in [0.2, 0.25) is 0 Å². The molecular formula is C15H21NO4. The first-order valence-corrected chi connectivity index (χ1v) is 7.11. The van der Waals surface area contributed by atoms with Crippen LogP contribution in [0.5, 0.6) is 11.5 Å². The second-order valence-corrected chi connectivity index (χ2v) is 4.82. The van der Waals surface area contributed by atoms with Gasteiger partial charge in [-0.25, -0.2) is 0 Å². The second-order valence-electron chi connectivity index (χ2n) is 4.82. The van der Waals surface area contributed by atoms with Gasteiger partial charge < -0.3 is 24.7 Å². The SMILES string of the molecule is CCOc1cc2c(cc1OCC)[C@@H](CC(=O)[O-])[NH2+]CC2. The topological polar surface area (TPSA) is 75.2 Å². The molecule has 2 N–H and O–H groups in total. The smallest absolute Gasteiger partial charge is 0.161 e. The molecule has 1 aromatic carbocycles. The van der Waals surface area contributed by atoms with Crippen LogP contribution in [0.2, 0.25) is 0 Å². The van der Waals surface area contributed by atoms with Crippen molar-refractivity contribution in [1.82, 2.24) is 0 Å². The van der Waals surface area contributed by atoms with Gasteiger partial charge in [0.25, 0.3) is 0 Å². The lowest BCUT2D eigenvalue weighted by molar-refractivity contribution is -0.698. The molecule has 0 aromatic heterocycles. The molecule has 0 aliphatic carbocycles. The number of carbonyl (C=O) groups is 1. The Bertz CT molecular complexity index is 487. The van der Waals surface area contributed by atoms with Crippen LogP contribution in [-0.2, 0) is 11.2 Å². The Balaban J connectivity index is 2.37. The minimum absolute atomic E-state index is 0.0204. The molecule has 0 saturated heterocycles. The molecule has 20 heavy (non-hydrogen) atoms. The van der Waals surface area contributed by atoms with Crippen molar-refractivity contribution < 1.29 is 24.7 Å². The van der Waals surface area contributed by atoms with Gasteiger partial charge in [-0.3, -0.25) is 0 Å². The average molecular weight is 279 g/mol. The molecule has 0 fully saturated rings. The summed E-state index contributed by atoms with van der Waals surface area (Å²) < 4.78 is 11.2. The van der Waals surface area contributed by atoms with Gasteiger partial charge in [-0.15, -0.1) is 0 Å². The molecule has 1 atom stereocenters. The molecule has 1 heterocycles. The van der Waals surface area contributed by atoms with Crippen molar-refractivity contribution in [2.45, 2.75) is 32.7 Å². The lowest BCUT2D eigenvalue weighted by Gasteiger charge is -2.26. The number of hydrogen-bond donors (Lipinski definition) is 1. The third-order valence-electron chi connectivity index (χ3n) is 3.46. The van der Waals surface area contributed by atoms with Crippen LogP contribution in [0.4, 0.5) is 0 Å². The zero-order chi connectivity index (χ0) is 14.5. The second kappa shape index (κ2) is 6.61. The van der Waals surface area contributed by atoms with E-state index in [9.17, 15) is 9.90 Å². The van der Waals surface area contributed by atoms with Gasteiger partial charge in [-0.2, -0.15) is 0 Å². The monoisotopic (exact) mass is 279 g/mol. The Labute approximate surface area is 118 Å². The normalized spacial score (nSPS) is 17.4. The maximum Gasteiger partial charge on any atom is 0.161 e. The molecule has 0 saturated carbocycles. The summed E-state index contributed by atoms with van der Waals surface area (Å²) in [5, 5.41) is 12.9. The van der Waals surface area contributed by atoms with Crippen molar-refractivity contribution in [2.75, 3.05) is 19.8 Å². The highest BCUT2D eigenvalue weighted by Crippen LogP contribution is 2.34. The van der Waals surface area contributed by atoms with Gasteiger partial charge in [0, 0.05) is 24.4 Å². The Kier molecular flexibility index (Phi) is 4.84. The molecule has 0 amide bonds. The quantitative estimate of drug-likeness (QED) is 0.781. The third kappa shape index (κ3) is 3.22. The number of benzene rings is 1. The van der Waals surface area contributed by atoms with E-state index in [1.807, 2.05) is 31.3 Å². The van der Waals surface area contributed by atoms with E-state index >= 15 is 0 Å². The summed E-state index contributed by atoms with van der Waals surface area (Å²) in [6.07, 6.45) is 0.928. The van der Waals surface area contributed by atoms with Crippen LogP contribution in [0.25, 0.3) is 0 Å². The zero-order valence-electron chi connectivity index (χ0n) is 12.0. The van der Waals surface area contributed by atoms with E-state index in [2.05, 4.69) is 0 Å². The molecule has 0 spiro atoms. The number of hydrogen-bond acceptors (Lipinski definition) is 4. The Morgan fingerprint density at radius 1 is 1.30 bits per heavy atom. The molecule has 1 aliphatic rings. The van der Waals surface area contributed by atoms with E-state index in [-0.39, 0.29) is 12.5 Å². The van der Waals surface area contributed by atoms with Crippen LogP contribution in [0, 0.1) is 0 Å². The molecule has 1 aromatic rings. The van der Waals surface area contributed by atoms with Gasteiger partial charge in [0.1, 0.15) is 6.04 Å². The average Bonchev–Trinajstić information content (AvgIpc) is 2.40. The predicted octanol–water partition coefficient (Wildman–Crippen LogP) is -0.215. The maximum atomic E-state index is 10.9. The van der Waals surface area contributed by atoms with Crippen molar-refractivity contribution in [3.05, 3.63) is 23.3 Å². The fourth-order valence-electron chi connectivity index (χ4n) is 2.66. The number of aliphatic carboxylic acids is 1. The number of nitrogens with two attached hydrogens (primary N) is 1. The maximum absolute atomic E-state index is 10.9. The molecular weight excluding hydrogens is 258 g/mol. The lowest BCUT2D eigenvalue weighted by atomic mass is 9.92. The summed E-state index contributed by atoms with van der Waals surface area (Å²) in [6, 6.07) is 3.81. The highest BCUT2D eigenvalue weighted by atomic mass is 16.5. The lowest BCUT2D eigenvalue weighted by Crippen LogP contribution is -2.87. The Morgan fingerprint density at radius 3 is 2.55 bits per heavy atom. The molecule has 110 valence electrons. The summed E-state index contributed by atoms with van der Waals surface area (Å²) >= 11 is 0. The van der Waals surface area contributed by atoms with Crippen LogP contribution in [0.3, 0.4) is 0 Å². The van der Waals surface area contributed by atoms with E-state index in [0.717, 1.165) is 29.8 Å². The van der Waals surface area contributed by atoms with Crippen molar-refractivity contribution in [3.63, 3.8) is 0 Å². The van der Waals surface area contributed by atoms with Gasteiger partial charge in [-0.1, -0.05) is 0 Å². The first-order valence-electron chi connectivity index (χ1n) is 7.11. The number of fused-ring (bicyclic) bond motifs is 1. The van der Waals surface area contributed by atoms with E-state index in [0.29, 0.717) is 19.0 Å². The summed E-state index contributed by atoms with van der Waals surface area (Å²) in [5.74, 6) is 0.403. The largest absolute Gasteiger partial charge is 0.550 e. The third-order valence-corrected chi connectivity index (χ3v) is 3.46. The number of quaternary nitrogens is 1. The van der Waals surface area contributed by atoms with Gasteiger partial charge in [-0.05, 0) is 31.5 Å². The van der Waals surface area contributed by atoms with Crippen molar-refractivity contribution in [1.29, 1.82) is 0 Å². The molecule has 5 nitrogen and oxygen atoms in total. The van der Waals surface area contributed by atoms with Crippen LogP contribution in [-0.4, -0.2) is 25.7 Å². The van der Waals surface area contributed by atoms with E-state index < -0.39 is 5.97 Å². The van der Waals surface area contributed by atoms with Crippen molar-refractivity contribution in [2.24, 2.45) is 0 Å².